The number of aryl methyl sites for hydroxylation is 2. The van der Waals surface area contributed by atoms with Gasteiger partial charge in [-0.15, -0.1) is 0 Å². The molecule has 0 spiro atoms. The Balaban J connectivity index is 1.99. The van der Waals surface area contributed by atoms with E-state index in [4.69, 9.17) is 0 Å². The smallest absolute Gasteiger partial charge is 0.290 e. The number of aromatic nitrogens is 3. The molecule has 0 radical (unpaired) electrons. The maximum absolute atomic E-state index is 12.5. The lowest BCUT2D eigenvalue weighted by Crippen LogP contribution is -2.23. The van der Waals surface area contributed by atoms with Gasteiger partial charge in [0.1, 0.15) is 16.2 Å². The Hall–Kier alpha value is -2.45. The van der Waals surface area contributed by atoms with Crippen LogP contribution in [0.5, 0.6) is 0 Å². The van der Waals surface area contributed by atoms with Crippen molar-refractivity contribution in [2.45, 2.75) is 24.8 Å². The molecule has 2 aromatic heterocycles. The lowest BCUT2D eigenvalue weighted by atomic mass is 10.2. The summed E-state index contributed by atoms with van der Waals surface area (Å²) in [4.78, 5) is 12.2. The van der Waals surface area contributed by atoms with Crippen LogP contribution in [0.4, 0.5) is 0 Å². The van der Waals surface area contributed by atoms with Gasteiger partial charge in [-0.1, -0.05) is 37.3 Å². The van der Waals surface area contributed by atoms with Crippen molar-refractivity contribution in [3.8, 4) is 0 Å². The lowest BCUT2D eigenvalue weighted by molar-refractivity contribution is 0.581. The van der Waals surface area contributed by atoms with Crippen LogP contribution in [0.25, 0.3) is 5.52 Å². The quantitative estimate of drug-likeness (QED) is 0.749. The highest BCUT2D eigenvalue weighted by atomic mass is 32.2. The number of rotatable bonds is 5. The second-order valence-corrected chi connectivity index (χ2v) is 7.21. The molecule has 0 aliphatic heterocycles. The molecule has 7 nitrogen and oxygen atoms in total. The van der Waals surface area contributed by atoms with Gasteiger partial charge in [-0.05, 0) is 11.6 Å². The summed E-state index contributed by atoms with van der Waals surface area (Å²) in [5.41, 5.74) is 0.817. The zero-order valence-corrected chi connectivity index (χ0v) is 14.2. The minimum Gasteiger partial charge on any atom is -0.297 e. The fourth-order valence-corrected chi connectivity index (χ4v) is 3.53. The van der Waals surface area contributed by atoms with Gasteiger partial charge in [-0.25, -0.2) is 17.8 Å². The van der Waals surface area contributed by atoms with Gasteiger partial charge in [0.05, 0.1) is 0 Å². The van der Waals surface area contributed by atoms with Gasteiger partial charge < -0.3 is 0 Å². The molecule has 0 aliphatic carbocycles. The van der Waals surface area contributed by atoms with Gasteiger partial charge in [0.25, 0.3) is 5.56 Å². The molecule has 0 saturated heterocycles. The maximum atomic E-state index is 12.5. The summed E-state index contributed by atoms with van der Waals surface area (Å²) in [6, 6.07) is 10.6. The number of sulfonamides is 1. The highest BCUT2D eigenvalue weighted by molar-refractivity contribution is 7.89. The van der Waals surface area contributed by atoms with Crippen LogP contribution in [0.2, 0.25) is 0 Å². The maximum Gasteiger partial charge on any atom is 0.290 e. The summed E-state index contributed by atoms with van der Waals surface area (Å²) in [6.45, 7) is 2.08. The predicted octanol–water partition coefficient (Wildman–Crippen LogP) is 1.07. The van der Waals surface area contributed by atoms with Crippen LogP contribution in [0, 0.1) is 0 Å². The Morgan fingerprint density at radius 2 is 1.92 bits per heavy atom. The van der Waals surface area contributed by atoms with E-state index in [-0.39, 0.29) is 17.0 Å². The van der Waals surface area contributed by atoms with Gasteiger partial charge in [0.15, 0.2) is 0 Å². The molecule has 0 atom stereocenters. The molecule has 0 amide bonds. The fourth-order valence-electron chi connectivity index (χ4n) is 2.49. The van der Waals surface area contributed by atoms with Crippen LogP contribution in [0.3, 0.4) is 0 Å². The topological polar surface area (TPSA) is 85.5 Å². The second-order valence-electron chi connectivity index (χ2n) is 5.44. The van der Waals surface area contributed by atoms with Crippen molar-refractivity contribution in [2.24, 2.45) is 7.05 Å². The summed E-state index contributed by atoms with van der Waals surface area (Å²) < 4.78 is 30.4. The first-order valence-electron chi connectivity index (χ1n) is 7.54. The predicted molar refractivity (Wildman–Crippen MR) is 90.3 cm³/mol. The van der Waals surface area contributed by atoms with Crippen molar-refractivity contribution in [1.29, 1.82) is 0 Å². The Morgan fingerprint density at radius 3 is 2.58 bits per heavy atom. The molecule has 0 unspecified atom stereocenters. The summed E-state index contributed by atoms with van der Waals surface area (Å²) >= 11 is 0. The third-order valence-corrected chi connectivity index (χ3v) is 5.16. The molecule has 24 heavy (non-hydrogen) atoms. The number of hydrogen-bond donors (Lipinski definition) is 1. The van der Waals surface area contributed by atoms with E-state index in [9.17, 15) is 13.2 Å². The second kappa shape index (κ2) is 6.21. The standard InChI is InChI=1S/C16H18N4O3S/c1-3-15-18-19(2)16(21)14-9-13(11-20(14)15)24(22,23)17-10-12-7-5-4-6-8-12/h4-9,11,17H,3,10H2,1-2H3. The van der Waals surface area contributed by atoms with Crippen molar-refractivity contribution >= 4 is 15.5 Å². The van der Waals surface area contributed by atoms with Crippen LogP contribution in [0.1, 0.15) is 18.3 Å². The van der Waals surface area contributed by atoms with E-state index < -0.39 is 10.0 Å². The van der Waals surface area contributed by atoms with E-state index in [1.807, 2.05) is 37.3 Å². The summed E-state index contributed by atoms with van der Waals surface area (Å²) in [5.74, 6) is 0.622. The van der Waals surface area contributed by atoms with Gasteiger partial charge in [-0.3, -0.25) is 9.20 Å². The third-order valence-electron chi connectivity index (χ3n) is 3.79. The van der Waals surface area contributed by atoms with Crippen LogP contribution in [0.15, 0.2) is 52.3 Å². The molecule has 3 rings (SSSR count). The average Bonchev–Trinajstić information content (AvgIpc) is 3.04. The number of nitrogens with zero attached hydrogens (tertiary/aromatic N) is 3. The van der Waals surface area contributed by atoms with Gasteiger partial charge >= 0.3 is 0 Å². The van der Waals surface area contributed by atoms with E-state index in [1.165, 1.54) is 16.9 Å². The number of fused-ring (bicyclic) bond motifs is 1. The van der Waals surface area contributed by atoms with Crippen molar-refractivity contribution in [1.82, 2.24) is 18.9 Å². The van der Waals surface area contributed by atoms with Crippen molar-refractivity contribution < 1.29 is 8.42 Å². The zero-order valence-electron chi connectivity index (χ0n) is 13.4. The molecule has 3 aromatic rings. The Bertz CT molecular complexity index is 1040. The van der Waals surface area contributed by atoms with E-state index in [1.54, 1.807) is 11.4 Å². The molecule has 0 fully saturated rings. The summed E-state index contributed by atoms with van der Waals surface area (Å²) in [7, 11) is -2.17. The van der Waals surface area contributed by atoms with Crippen LogP contribution < -0.4 is 10.3 Å². The van der Waals surface area contributed by atoms with Crippen LogP contribution >= 0.6 is 0 Å². The van der Waals surface area contributed by atoms with E-state index >= 15 is 0 Å². The largest absolute Gasteiger partial charge is 0.297 e. The molecular formula is C16H18N4O3S. The van der Waals surface area contributed by atoms with Crippen LogP contribution in [-0.2, 0) is 30.0 Å². The molecule has 2 heterocycles. The number of nitrogens with one attached hydrogen (secondary N) is 1. The normalized spacial score (nSPS) is 11.9. The van der Waals surface area contributed by atoms with Gasteiger partial charge in [0.2, 0.25) is 10.0 Å². The van der Waals surface area contributed by atoms with E-state index in [0.29, 0.717) is 17.8 Å². The van der Waals surface area contributed by atoms with Crippen LogP contribution in [-0.4, -0.2) is 22.6 Å². The Labute approximate surface area is 139 Å². The lowest BCUT2D eigenvalue weighted by Gasteiger charge is -2.05. The van der Waals surface area contributed by atoms with Gasteiger partial charge in [-0.2, -0.15) is 5.10 Å². The molecule has 8 heteroatoms. The van der Waals surface area contributed by atoms with Crippen molar-refractivity contribution in [3.63, 3.8) is 0 Å². The fraction of sp³-hybridized carbons (Fsp3) is 0.250. The molecule has 126 valence electrons. The van der Waals surface area contributed by atoms with Crippen molar-refractivity contribution in [2.75, 3.05) is 0 Å². The molecule has 0 saturated carbocycles. The SMILES string of the molecule is CCc1nn(C)c(=O)c2cc(S(=O)(=O)NCc3ccccc3)cn12. The minimum atomic E-state index is -3.72. The van der Waals surface area contributed by atoms with E-state index in [0.717, 1.165) is 5.56 Å². The highest BCUT2D eigenvalue weighted by Crippen LogP contribution is 2.14. The molecule has 0 aliphatic rings. The number of hydrogen-bond acceptors (Lipinski definition) is 4. The Kier molecular flexibility index (Phi) is 4.25. The Morgan fingerprint density at radius 1 is 1.21 bits per heavy atom. The minimum absolute atomic E-state index is 0.0539. The monoisotopic (exact) mass is 346 g/mol. The molecular weight excluding hydrogens is 328 g/mol. The average molecular weight is 346 g/mol. The summed E-state index contributed by atoms with van der Waals surface area (Å²) in [5, 5.41) is 4.16. The molecule has 1 aromatic carbocycles. The third kappa shape index (κ3) is 2.98. The van der Waals surface area contributed by atoms with Crippen molar-refractivity contribution in [3.05, 3.63) is 64.3 Å². The first kappa shape index (κ1) is 16.4. The summed E-state index contributed by atoms with van der Waals surface area (Å²) in [6.07, 6.45) is 2.02. The van der Waals surface area contributed by atoms with Gasteiger partial charge in [0, 0.05) is 26.2 Å². The molecule has 0 bridgehead atoms. The highest BCUT2D eigenvalue weighted by Gasteiger charge is 2.19. The first-order valence-corrected chi connectivity index (χ1v) is 9.02. The first-order chi connectivity index (χ1) is 11.4. The number of benzene rings is 1. The zero-order chi connectivity index (χ0) is 17.3. The molecule has 1 N–H and O–H groups in total. The van der Waals surface area contributed by atoms with E-state index in [2.05, 4.69) is 9.82 Å².